The van der Waals surface area contributed by atoms with Crippen molar-refractivity contribution in [2.45, 2.75) is 26.9 Å². The van der Waals surface area contributed by atoms with E-state index in [2.05, 4.69) is 0 Å². The lowest BCUT2D eigenvalue weighted by Gasteiger charge is -2.20. The van der Waals surface area contributed by atoms with Crippen molar-refractivity contribution < 1.29 is 20.4 Å². The van der Waals surface area contributed by atoms with Gasteiger partial charge in [0.2, 0.25) is 0 Å². The Morgan fingerprint density at radius 3 is 1.80 bits per heavy atom. The average Bonchev–Trinajstić information content (AvgIpc) is 2.44. The van der Waals surface area contributed by atoms with Gasteiger partial charge in [-0.2, -0.15) is 0 Å². The van der Waals surface area contributed by atoms with Gasteiger partial charge in [0.15, 0.2) is 0 Å². The van der Waals surface area contributed by atoms with E-state index in [0.717, 1.165) is 0 Å². The summed E-state index contributed by atoms with van der Waals surface area (Å²) in [6.07, 6.45) is -1.07. The highest BCUT2D eigenvalue weighted by Gasteiger charge is 2.23. The molecule has 0 fully saturated rings. The second kappa shape index (κ2) is 5.06. The van der Waals surface area contributed by atoms with Crippen LogP contribution in [0.5, 0.6) is 17.2 Å². The van der Waals surface area contributed by atoms with Crippen LogP contribution >= 0.6 is 0 Å². The van der Waals surface area contributed by atoms with Gasteiger partial charge in [0.1, 0.15) is 23.4 Å². The molecule has 106 valence electrons. The minimum absolute atomic E-state index is 0.0154. The summed E-state index contributed by atoms with van der Waals surface area (Å²) in [4.78, 5) is 0. The first-order valence-corrected chi connectivity index (χ1v) is 6.33. The van der Waals surface area contributed by atoms with Crippen molar-refractivity contribution in [2.24, 2.45) is 0 Å². The number of phenolic OH excluding ortho intramolecular Hbond substituents is 3. The number of aromatic hydroxyl groups is 3. The summed E-state index contributed by atoms with van der Waals surface area (Å²) in [6, 6.07) is 6.08. The van der Waals surface area contributed by atoms with Crippen LogP contribution < -0.4 is 0 Å². The topological polar surface area (TPSA) is 80.9 Å². The molecule has 20 heavy (non-hydrogen) atoms. The second-order valence-electron chi connectivity index (χ2n) is 4.98. The highest BCUT2D eigenvalue weighted by Crippen LogP contribution is 2.41. The molecule has 0 saturated heterocycles. The number of benzene rings is 2. The van der Waals surface area contributed by atoms with Crippen LogP contribution in [0.25, 0.3) is 0 Å². The van der Waals surface area contributed by atoms with E-state index in [1.54, 1.807) is 32.9 Å². The van der Waals surface area contributed by atoms with E-state index in [0.29, 0.717) is 22.3 Å². The summed E-state index contributed by atoms with van der Waals surface area (Å²) in [5.41, 5.74) is 2.41. The Morgan fingerprint density at radius 2 is 1.25 bits per heavy atom. The lowest BCUT2D eigenvalue weighted by Crippen LogP contribution is -2.05. The van der Waals surface area contributed by atoms with Crippen molar-refractivity contribution in [3.05, 3.63) is 52.1 Å². The largest absolute Gasteiger partial charge is 0.508 e. The highest BCUT2D eigenvalue weighted by atomic mass is 16.3. The standard InChI is InChI=1S/C16H18O4/c1-8-9(2)15(19)13(10(3)14(8)18)16(20)11-4-6-12(17)7-5-11/h4-7,16-20H,1-3H3. The fourth-order valence-electron chi connectivity index (χ4n) is 2.30. The predicted octanol–water partition coefficient (Wildman–Crippen LogP) is 2.81. The molecule has 2 aromatic rings. The van der Waals surface area contributed by atoms with E-state index in [1.165, 1.54) is 12.1 Å². The molecule has 0 radical (unpaired) electrons. The molecule has 0 aromatic heterocycles. The fourth-order valence-corrected chi connectivity index (χ4v) is 2.30. The minimum atomic E-state index is -1.07. The maximum absolute atomic E-state index is 10.4. The van der Waals surface area contributed by atoms with Crippen LogP contribution in [0.15, 0.2) is 24.3 Å². The van der Waals surface area contributed by atoms with Gasteiger partial charge < -0.3 is 20.4 Å². The van der Waals surface area contributed by atoms with Crippen LogP contribution in [0.2, 0.25) is 0 Å². The van der Waals surface area contributed by atoms with Crippen molar-refractivity contribution in [2.75, 3.05) is 0 Å². The molecule has 4 N–H and O–H groups in total. The third-order valence-corrected chi connectivity index (χ3v) is 3.77. The van der Waals surface area contributed by atoms with Crippen LogP contribution in [0.3, 0.4) is 0 Å². The summed E-state index contributed by atoms with van der Waals surface area (Å²) < 4.78 is 0. The normalized spacial score (nSPS) is 12.4. The minimum Gasteiger partial charge on any atom is -0.508 e. The molecule has 4 heteroatoms. The van der Waals surface area contributed by atoms with Crippen LogP contribution in [0.4, 0.5) is 0 Å². The predicted molar refractivity (Wildman–Crippen MR) is 76.2 cm³/mol. The lowest BCUT2D eigenvalue weighted by atomic mass is 9.91. The van der Waals surface area contributed by atoms with Gasteiger partial charge in [-0.25, -0.2) is 0 Å². The molecule has 4 nitrogen and oxygen atoms in total. The summed E-state index contributed by atoms with van der Waals surface area (Å²) in [6.45, 7) is 5.06. The van der Waals surface area contributed by atoms with Crippen molar-refractivity contribution in [3.63, 3.8) is 0 Å². The van der Waals surface area contributed by atoms with Gasteiger partial charge in [-0.3, -0.25) is 0 Å². The van der Waals surface area contributed by atoms with Gasteiger partial charge in [-0.1, -0.05) is 12.1 Å². The summed E-state index contributed by atoms with van der Waals surface area (Å²) >= 11 is 0. The van der Waals surface area contributed by atoms with Crippen LogP contribution in [-0.4, -0.2) is 20.4 Å². The van der Waals surface area contributed by atoms with Crippen LogP contribution in [0, 0.1) is 20.8 Å². The van der Waals surface area contributed by atoms with Gasteiger partial charge in [-0.05, 0) is 49.6 Å². The first kappa shape index (κ1) is 14.2. The third-order valence-electron chi connectivity index (χ3n) is 3.77. The number of phenols is 3. The third kappa shape index (κ3) is 2.18. The molecule has 0 bridgehead atoms. The van der Waals surface area contributed by atoms with Crippen molar-refractivity contribution in [3.8, 4) is 17.2 Å². The smallest absolute Gasteiger partial charge is 0.125 e. The van der Waals surface area contributed by atoms with Crippen LogP contribution in [0.1, 0.15) is 33.9 Å². The zero-order chi connectivity index (χ0) is 15.0. The van der Waals surface area contributed by atoms with Crippen LogP contribution in [-0.2, 0) is 0 Å². The molecular weight excluding hydrogens is 256 g/mol. The maximum atomic E-state index is 10.4. The molecule has 0 aliphatic carbocycles. The van der Waals surface area contributed by atoms with E-state index >= 15 is 0 Å². The van der Waals surface area contributed by atoms with Gasteiger partial charge in [0, 0.05) is 11.1 Å². The van der Waals surface area contributed by atoms with E-state index in [9.17, 15) is 20.4 Å². The first-order chi connectivity index (χ1) is 9.34. The Bertz CT molecular complexity index is 616. The molecule has 0 heterocycles. The molecule has 2 aromatic carbocycles. The van der Waals surface area contributed by atoms with Gasteiger partial charge in [0.25, 0.3) is 0 Å². The SMILES string of the molecule is Cc1c(C)c(O)c(C(O)c2ccc(O)cc2)c(C)c1O. The molecular formula is C16H18O4. The van der Waals surface area contributed by atoms with E-state index in [1.807, 2.05) is 0 Å². The number of aliphatic hydroxyl groups is 1. The summed E-state index contributed by atoms with van der Waals surface area (Å²) in [5.74, 6) is 0.163. The second-order valence-corrected chi connectivity index (χ2v) is 4.98. The number of hydrogen-bond acceptors (Lipinski definition) is 4. The molecule has 1 unspecified atom stereocenters. The summed E-state index contributed by atoms with van der Waals surface area (Å²) in [7, 11) is 0. The highest BCUT2D eigenvalue weighted by molar-refractivity contribution is 5.59. The van der Waals surface area contributed by atoms with E-state index in [-0.39, 0.29) is 22.8 Å². The zero-order valence-electron chi connectivity index (χ0n) is 11.7. The van der Waals surface area contributed by atoms with Gasteiger partial charge >= 0.3 is 0 Å². The molecule has 0 spiro atoms. The molecule has 2 rings (SSSR count). The molecule has 0 amide bonds. The molecule has 0 aliphatic rings. The molecule has 0 aliphatic heterocycles. The van der Waals surface area contributed by atoms with E-state index in [4.69, 9.17) is 0 Å². The van der Waals surface area contributed by atoms with Crippen molar-refractivity contribution in [1.82, 2.24) is 0 Å². The zero-order valence-corrected chi connectivity index (χ0v) is 11.7. The lowest BCUT2D eigenvalue weighted by molar-refractivity contribution is 0.213. The number of rotatable bonds is 2. The maximum Gasteiger partial charge on any atom is 0.125 e. The Hall–Kier alpha value is -2.20. The summed E-state index contributed by atoms with van der Waals surface area (Å²) in [5, 5.41) is 40.0. The van der Waals surface area contributed by atoms with Gasteiger partial charge in [-0.15, -0.1) is 0 Å². The Balaban J connectivity index is 2.60. The fraction of sp³-hybridized carbons (Fsp3) is 0.250. The first-order valence-electron chi connectivity index (χ1n) is 6.33. The Labute approximate surface area is 117 Å². The molecule has 0 saturated carbocycles. The number of aliphatic hydroxyl groups excluding tert-OH is 1. The van der Waals surface area contributed by atoms with Crippen molar-refractivity contribution in [1.29, 1.82) is 0 Å². The van der Waals surface area contributed by atoms with Gasteiger partial charge in [0.05, 0.1) is 0 Å². The monoisotopic (exact) mass is 274 g/mol. The average molecular weight is 274 g/mol. The molecule has 1 atom stereocenters. The number of hydrogen-bond donors (Lipinski definition) is 4. The van der Waals surface area contributed by atoms with E-state index < -0.39 is 6.10 Å². The van der Waals surface area contributed by atoms with Crippen molar-refractivity contribution >= 4 is 0 Å². The Morgan fingerprint density at radius 1 is 0.750 bits per heavy atom. The Kier molecular flexibility index (Phi) is 3.59. The quantitative estimate of drug-likeness (QED) is 0.635.